The predicted molar refractivity (Wildman–Crippen MR) is 57.8 cm³/mol. The number of hydrogen-bond donors (Lipinski definition) is 1. The number of carbonyl (C=O) groups is 1. The Labute approximate surface area is 105 Å². The van der Waals surface area contributed by atoms with Crippen LogP contribution in [0, 0.1) is 5.82 Å². The van der Waals surface area contributed by atoms with E-state index >= 15 is 0 Å². The number of alkyl halides is 2. The zero-order valence-electron chi connectivity index (χ0n) is 8.66. The van der Waals surface area contributed by atoms with Crippen molar-refractivity contribution in [2.45, 2.75) is 11.3 Å². The van der Waals surface area contributed by atoms with Gasteiger partial charge in [-0.1, -0.05) is 0 Å². The second-order valence-electron chi connectivity index (χ2n) is 3.21. The summed E-state index contributed by atoms with van der Waals surface area (Å²) in [6.07, 6.45) is -2.77. The van der Waals surface area contributed by atoms with E-state index in [0.717, 1.165) is 6.07 Å². The lowest BCUT2D eigenvalue weighted by Gasteiger charge is -2.05. The minimum atomic E-state index is -4.21. The molecule has 9 heteroatoms. The van der Waals surface area contributed by atoms with Crippen LogP contribution in [0.3, 0.4) is 0 Å². The van der Waals surface area contributed by atoms with Crippen molar-refractivity contribution in [3.63, 3.8) is 0 Å². The number of nitrogens with one attached hydrogen (secondary N) is 1. The predicted octanol–water partition coefficient (Wildman–Crippen LogP) is 1.75. The van der Waals surface area contributed by atoms with Gasteiger partial charge in [0.05, 0.1) is 11.4 Å². The van der Waals surface area contributed by atoms with Crippen LogP contribution >= 0.6 is 10.7 Å². The molecule has 0 heterocycles. The number of halogens is 4. The molecule has 18 heavy (non-hydrogen) atoms. The summed E-state index contributed by atoms with van der Waals surface area (Å²) in [5.41, 5.74) is -0.408. The SMILES string of the molecule is O=C(NCC(F)F)c1cc(F)cc(S(=O)(=O)Cl)c1. The van der Waals surface area contributed by atoms with Gasteiger partial charge in [-0.05, 0) is 18.2 Å². The average Bonchev–Trinajstić information content (AvgIpc) is 2.23. The van der Waals surface area contributed by atoms with Crippen molar-refractivity contribution < 1.29 is 26.4 Å². The lowest BCUT2D eigenvalue weighted by atomic mass is 10.2. The summed E-state index contributed by atoms with van der Waals surface area (Å²) in [5.74, 6) is -2.03. The zero-order valence-corrected chi connectivity index (χ0v) is 10.2. The van der Waals surface area contributed by atoms with E-state index in [2.05, 4.69) is 0 Å². The third-order valence-electron chi connectivity index (χ3n) is 1.83. The lowest BCUT2D eigenvalue weighted by Crippen LogP contribution is -2.28. The fourth-order valence-corrected chi connectivity index (χ4v) is 1.89. The van der Waals surface area contributed by atoms with Crippen LogP contribution in [0.25, 0.3) is 0 Å². The summed E-state index contributed by atoms with van der Waals surface area (Å²) in [6.45, 7) is -0.918. The second-order valence-corrected chi connectivity index (χ2v) is 5.78. The van der Waals surface area contributed by atoms with Crippen molar-refractivity contribution in [2.75, 3.05) is 6.54 Å². The van der Waals surface area contributed by atoms with Gasteiger partial charge in [-0.15, -0.1) is 0 Å². The van der Waals surface area contributed by atoms with Gasteiger partial charge in [0.15, 0.2) is 0 Å². The Morgan fingerprint density at radius 2 is 1.94 bits per heavy atom. The van der Waals surface area contributed by atoms with Gasteiger partial charge in [-0.25, -0.2) is 21.6 Å². The highest BCUT2D eigenvalue weighted by Gasteiger charge is 2.16. The van der Waals surface area contributed by atoms with E-state index in [1.54, 1.807) is 0 Å². The molecule has 0 aliphatic rings. The van der Waals surface area contributed by atoms with Crippen LogP contribution in [0.4, 0.5) is 13.2 Å². The molecule has 0 aliphatic heterocycles. The standard InChI is InChI=1S/C9H7ClF3NO3S/c10-18(16,17)7-2-5(1-6(11)3-7)9(15)14-4-8(12)13/h1-3,8H,4H2,(H,14,15). The Bertz CT molecular complexity index is 562. The van der Waals surface area contributed by atoms with Crippen LogP contribution in [0.5, 0.6) is 0 Å². The second kappa shape index (κ2) is 5.57. The highest BCUT2D eigenvalue weighted by Crippen LogP contribution is 2.18. The van der Waals surface area contributed by atoms with E-state index in [-0.39, 0.29) is 0 Å². The van der Waals surface area contributed by atoms with E-state index < -0.39 is 44.2 Å². The summed E-state index contributed by atoms with van der Waals surface area (Å²) in [7, 11) is 0.780. The molecule has 0 saturated heterocycles. The Kier molecular flexibility index (Phi) is 4.58. The number of amides is 1. The summed E-state index contributed by atoms with van der Waals surface area (Å²) in [5, 5.41) is 1.81. The van der Waals surface area contributed by atoms with E-state index in [0.29, 0.717) is 12.1 Å². The summed E-state index contributed by atoms with van der Waals surface area (Å²) >= 11 is 0. The first-order valence-corrected chi connectivity index (χ1v) is 6.82. The molecule has 1 aromatic carbocycles. The van der Waals surface area contributed by atoms with E-state index in [9.17, 15) is 26.4 Å². The molecule has 0 aromatic heterocycles. The van der Waals surface area contributed by atoms with Gasteiger partial charge in [-0.2, -0.15) is 0 Å². The number of benzene rings is 1. The molecule has 0 fully saturated rings. The molecule has 0 atom stereocenters. The summed E-state index contributed by atoms with van der Waals surface area (Å²) in [4.78, 5) is 10.7. The molecule has 0 aliphatic carbocycles. The topological polar surface area (TPSA) is 63.2 Å². The van der Waals surface area contributed by atoms with Gasteiger partial charge in [0.2, 0.25) is 0 Å². The molecule has 0 spiro atoms. The molecule has 1 amide bonds. The number of rotatable bonds is 4. The minimum absolute atomic E-state index is 0.408. The van der Waals surface area contributed by atoms with Gasteiger partial charge < -0.3 is 5.32 Å². The van der Waals surface area contributed by atoms with Gasteiger partial charge in [0, 0.05) is 16.2 Å². The van der Waals surface area contributed by atoms with Crippen LogP contribution in [0.15, 0.2) is 23.1 Å². The summed E-state index contributed by atoms with van der Waals surface area (Å²) < 4.78 is 58.7. The first-order valence-electron chi connectivity index (χ1n) is 4.52. The monoisotopic (exact) mass is 301 g/mol. The highest BCUT2D eigenvalue weighted by molar-refractivity contribution is 8.13. The molecule has 1 N–H and O–H groups in total. The Morgan fingerprint density at radius 3 is 2.44 bits per heavy atom. The Morgan fingerprint density at radius 1 is 1.33 bits per heavy atom. The van der Waals surface area contributed by atoms with E-state index in [4.69, 9.17) is 10.7 Å². The van der Waals surface area contributed by atoms with Crippen molar-refractivity contribution in [1.82, 2.24) is 5.32 Å². The Hall–Kier alpha value is -1.28. The van der Waals surface area contributed by atoms with Crippen molar-refractivity contribution >= 4 is 25.6 Å². The first kappa shape index (κ1) is 14.8. The normalized spacial score (nSPS) is 11.6. The molecule has 1 rings (SSSR count). The third kappa shape index (κ3) is 4.19. The fourth-order valence-electron chi connectivity index (χ4n) is 1.11. The Balaban J connectivity index is 3.03. The molecular weight excluding hydrogens is 295 g/mol. The molecule has 1 aromatic rings. The minimum Gasteiger partial charge on any atom is -0.346 e. The van der Waals surface area contributed by atoms with Crippen molar-refractivity contribution in [3.8, 4) is 0 Å². The maximum Gasteiger partial charge on any atom is 0.261 e. The molecule has 0 unspecified atom stereocenters. The van der Waals surface area contributed by atoms with Crippen molar-refractivity contribution in [2.24, 2.45) is 0 Å². The van der Waals surface area contributed by atoms with Gasteiger partial charge >= 0.3 is 0 Å². The van der Waals surface area contributed by atoms with Crippen LogP contribution in [-0.4, -0.2) is 27.3 Å². The van der Waals surface area contributed by atoms with E-state index in [1.807, 2.05) is 5.32 Å². The average molecular weight is 302 g/mol. The largest absolute Gasteiger partial charge is 0.346 e. The number of carbonyl (C=O) groups excluding carboxylic acids is 1. The zero-order chi connectivity index (χ0) is 13.9. The smallest absolute Gasteiger partial charge is 0.261 e. The quantitative estimate of drug-likeness (QED) is 0.862. The summed E-state index contributed by atoms with van der Waals surface area (Å²) in [6, 6.07) is 2.13. The number of hydrogen-bond acceptors (Lipinski definition) is 3. The maximum atomic E-state index is 13.1. The third-order valence-corrected chi connectivity index (χ3v) is 3.17. The molecular formula is C9H7ClF3NO3S. The fraction of sp³-hybridized carbons (Fsp3) is 0.222. The highest BCUT2D eigenvalue weighted by atomic mass is 35.7. The maximum absolute atomic E-state index is 13.1. The molecule has 0 saturated carbocycles. The van der Waals surface area contributed by atoms with Crippen LogP contribution < -0.4 is 5.32 Å². The van der Waals surface area contributed by atoms with Crippen LogP contribution in [-0.2, 0) is 9.05 Å². The van der Waals surface area contributed by atoms with Crippen molar-refractivity contribution in [1.29, 1.82) is 0 Å². The van der Waals surface area contributed by atoms with Crippen LogP contribution in [0.2, 0.25) is 0 Å². The molecule has 0 bridgehead atoms. The van der Waals surface area contributed by atoms with E-state index in [1.165, 1.54) is 0 Å². The van der Waals surface area contributed by atoms with Gasteiger partial charge in [0.25, 0.3) is 21.4 Å². The first-order chi connectivity index (χ1) is 8.20. The lowest BCUT2D eigenvalue weighted by molar-refractivity contribution is 0.0891. The molecule has 100 valence electrons. The van der Waals surface area contributed by atoms with Crippen LogP contribution in [0.1, 0.15) is 10.4 Å². The molecule has 0 radical (unpaired) electrons. The van der Waals surface area contributed by atoms with Crippen molar-refractivity contribution in [3.05, 3.63) is 29.6 Å². The molecule has 4 nitrogen and oxygen atoms in total. The van der Waals surface area contributed by atoms with Gasteiger partial charge in [0.1, 0.15) is 5.82 Å². The van der Waals surface area contributed by atoms with Gasteiger partial charge in [-0.3, -0.25) is 4.79 Å².